The number of hydrogen-bond acceptors (Lipinski definition) is 6. The Balaban J connectivity index is 2.32. The molecule has 1 amide bonds. The molecule has 0 radical (unpaired) electrons. The van der Waals surface area contributed by atoms with Crippen LogP contribution < -0.4 is 10.1 Å². The van der Waals surface area contributed by atoms with Crippen molar-refractivity contribution in [3.8, 4) is 5.75 Å². The number of esters is 2. The number of halogens is 3. The van der Waals surface area contributed by atoms with Crippen molar-refractivity contribution in [2.24, 2.45) is 0 Å². The summed E-state index contributed by atoms with van der Waals surface area (Å²) in [4.78, 5) is 47.5. The van der Waals surface area contributed by atoms with E-state index in [1.54, 1.807) is 0 Å². The maximum absolute atomic E-state index is 13.0. The first kappa shape index (κ1) is 41.4. The second kappa shape index (κ2) is 24.5. The molecule has 0 bridgehead atoms. The highest BCUT2D eigenvalue weighted by Gasteiger charge is 2.32. The Kier molecular flexibility index (Phi) is 21.1. The monoisotopic (exact) mass is 673 g/mol. The topological polar surface area (TPSA) is 119 Å². The van der Waals surface area contributed by atoms with Crippen molar-refractivity contribution in [1.82, 2.24) is 5.32 Å². The summed E-state index contributed by atoms with van der Waals surface area (Å²) in [6, 6.07) is 2.12. The third-order valence-corrected chi connectivity index (χ3v) is 6.40. The molecule has 0 aliphatic rings. The lowest BCUT2D eigenvalue weighted by Gasteiger charge is -2.15. The Hall–Kier alpha value is -4.67. The third-order valence-electron chi connectivity index (χ3n) is 6.40. The quantitative estimate of drug-likeness (QED) is 0.0548. The van der Waals surface area contributed by atoms with E-state index in [4.69, 9.17) is 9.47 Å². The normalized spacial score (nSPS) is 13.0. The van der Waals surface area contributed by atoms with E-state index in [2.05, 4.69) is 60.8 Å². The smallest absolute Gasteiger partial charge is 0.416 e. The van der Waals surface area contributed by atoms with Gasteiger partial charge in [-0.05, 0) is 76.0 Å². The van der Waals surface area contributed by atoms with Crippen molar-refractivity contribution in [2.75, 3.05) is 6.54 Å². The number of carboxylic acids is 1. The van der Waals surface area contributed by atoms with Crippen LogP contribution in [0.15, 0.2) is 91.1 Å². The Bertz CT molecular complexity index is 1340. The molecule has 0 saturated heterocycles. The summed E-state index contributed by atoms with van der Waals surface area (Å²) in [6.07, 6.45) is 24.5. The largest absolute Gasteiger partial charge is 0.479 e. The summed E-state index contributed by atoms with van der Waals surface area (Å²) in [7, 11) is 0. The molecule has 8 nitrogen and oxygen atoms in total. The van der Waals surface area contributed by atoms with Crippen LogP contribution in [-0.4, -0.2) is 41.6 Å². The van der Waals surface area contributed by atoms with Gasteiger partial charge in [-0.3, -0.25) is 14.4 Å². The number of allylic oxidation sites excluding steroid dienone is 12. The van der Waals surface area contributed by atoms with E-state index in [-0.39, 0.29) is 31.4 Å². The second-order valence-corrected chi connectivity index (χ2v) is 10.5. The van der Waals surface area contributed by atoms with Crippen molar-refractivity contribution in [2.45, 2.75) is 90.3 Å². The van der Waals surface area contributed by atoms with E-state index in [0.29, 0.717) is 25.0 Å². The first-order valence-electron chi connectivity index (χ1n) is 16.0. The molecule has 2 N–H and O–H groups in total. The average Bonchev–Trinajstić information content (AvgIpc) is 3.02. The van der Waals surface area contributed by atoms with E-state index in [1.807, 2.05) is 24.3 Å². The van der Waals surface area contributed by atoms with Crippen molar-refractivity contribution in [1.29, 1.82) is 0 Å². The minimum absolute atomic E-state index is 0.00444. The van der Waals surface area contributed by atoms with Gasteiger partial charge in [-0.1, -0.05) is 79.8 Å². The maximum Gasteiger partial charge on any atom is 0.416 e. The molecule has 1 aromatic rings. The number of hydrogen-bond donors (Lipinski definition) is 2. The molecule has 0 aliphatic heterocycles. The lowest BCUT2D eigenvalue weighted by Crippen LogP contribution is -2.30. The molecule has 0 aromatic heterocycles. The molecular weight excluding hydrogens is 627 g/mol. The van der Waals surface area contributed by atoms with Gasteiger partial charge in [0, 0.05) is 19.9 Å². The van der Waals surface area contributed by atoms with Crippen LogP contribution in [0.3, 0.4) is 0 Å². The zero-order valence-electron chi connectivity index (χ0n) is 27.5. The fourth-order valence-corrected chi connectivity index (χ4v) is 4.00. The highest BCUT2D eigenvalue weighted by Crippen LogP contribution is 2.33. The van der Waals surface area contributed by atoms with Crippen LogP contribution in [0.25, 0.3) is 0 Å². The summed E-state index contributed by atoms with van der Waals surface area (Å²) in [6.45, 7) is 3.03. The number of carbonyl (C=O) groups is 4. The molecule has 0 aliphatic carbocycles. The molecule has 0 fully saturated rings. The minimum Gasteiger partial charge on any atom is -0.479 e. The Morgan fingerprint density at radius 3 is 1.83 bits per heavy atom. The lowest BCUT2D eigenvalue weighted by atomic mass is 10.1. The molecule has 1 atom stereocenters. The summed E-state index contributed by atoms with van der Waals surface area (Å²) in [5.41, 5.74) is -1.39. The van der Waals surface area contributed by atoms with Crippen LogP contribution in [0.5, 0.6) is 5.75 Å². The fraction of sp³-hybridized carbons (Fsp3) is 0.405. The molecule has 0 heterocycles. The van der Waals surface area contributed by atoms with Crippen LogP contribution in [0.4, 0.5) is 13.2 Å². The summed E-state index contributed by atoms with van der Waals surface area (Å²) in [5.74, 6) is -4.31. The number of aliphatic carboxylic acids is 1. The van der Waals surface area contributed by atoms with Gasteiger partial charge in [0.25, 0.3) is 5.91 Å². The number of carbonyl (C=O) groups excluding carboxylic acids is 3. The molecule has 11 heteroatoms. The zero-order chi connectivity index (χ0) is 35.6. The van der Waals surface area contributed by atoms with Crippen LogP contribution in [0.2, 0.25) is 0 Å². The summed E-state index contributed by atoms with van der Waals surface area (Å²) >= 11 is 0. The molecule has 48 heavy (non-hydrogen) atoms. The van der Waals surface area contributed by atoms with E-state index >= 15 is 0 Å². The Morgan fingerprint density at radius 2 is 1.35 bits per heavy atom. The van der Waals surface area contributed by atoms with Crippen molar-refractivity contribution >= 4 is 23.8 Å². The van der Waals surface area contributed by atoms with Crippen molar-refractivity contribution < 1.29 is 46.9 Å². The van der Waals surface area contributed by atoms with E-state index < -0.39 is 47.4 Å². The number of nitrogens with one attached hydrogen (secondary N) is 1. The van der Waals surface area contributed by atoms with Gasteiger partial charge in [-0.15, -0.1) is 0 Å². The lowest BCUT2D eigenvalue weighted by molar-refractivity contribution is -0.164. The zero-order valence-corrected chi connectivity index (χ0v) is 27.5. The number of rotatable bonds is 22. The van der Waals surface area contributed by atoms with Gasteiger partial charge in [0.05, 0.1) is 11.1 Å². The van der Waals surface area contributed by atoms with Gasteiger partial charge in [0.15, 0.2) is 6.10 Å². The van der Waals surface area contributed by atoms with E-state index in [1.165, 1.54) is 0 Å². The molecule has 1 aromatic carbocycles. The highest BCUT2D eigenvalue weighted by molar-refractivity contribution is 5.97. The maximum atomic E-state index is 13.0. The standard InChI is InChI=1S/C37H46F3NO7/c1-3-4-5-6-7-8-9-10-11-12-13-14-15-16-17-18-19-20-21-24-34(43)48-32(36(45)46)23-22-27-41-35(44)31-26-25-30(37(38,39)40)28-33(31)47-29(2)42/h4-5,7-8,10-11,13-14,16-17,19-20,25-26,28,32H,3,6,9,12,15,18,21-24,27H2,1-2H3,(H,41,44)(H,45,46). The van der Waals surface area contributed by atoms with Crippen LogP contribution in [-0.2, 0) is 25.3 Å². The van der Waals surface area contributed by atoms with Crippen molar-refractivity contribution in [3.05, 3.63) is 102 Å². The van der Waals surface area contributed by atoms with Gasteiger partial charge in [0.1, 0.15) is 5.75 Å². The van der Waals surface area contributed by atoms with Crippen LogP contribution >= 0.6 is 0 Å². The van der Waals surface area contributed by atoms with Gasteiger partial charge in [-0.25, -0.2) is 4.79 Å². The van der Waals surface area contributed by atoms with Gasteiger partial charge in [-0.2, -0.15) is 13.2 Å². The molecular formula is C37H46F3NO7. The van der Waals surface area contributed by atoms with Crippen LogP contribution in [0.1, 0.15) is 94.0 Å². The summed E-state index contributed by atoms with van der Waals surface area (Å²) in [5, 5.41) is 11.9. The van der Waals surface area contributed by atoms with Gasteiger partial charge in [0.2, 0.25) is 0 Å². The number of benzene rings is 1. The van der Waals surface area contributed by atoms with E-state index in [0.717, 1.165) is 45.1 Å². The Morgan fingerprint density at radius 1 is 0.833 bits per heavy atom. The van der Waals surface area contributed by atoms with E-state index in [9.17, 15) is 37.5 Å². The van der Waals surface area contributed by atoms with Crippen LogP contribution in [0, 0.1) is 0 Å². The first-order valence-corrected chi connectivity index (χ1v) is 16.0. The highest BCUT2D eigenvalue weighted by atomic mass is 19.4. The average molecular weight is 674 g/mol. The SMILES string of the molecule is CCC=CCC=CCC=CCC=CCC=CCC=CCCC(=O)OC(CCCNC(=O)c1ccc(C(F)(F)F)cc1OC(C)=O)C(=O)O. The predicted octanol–water partition coefficient (Wildman–Crippen LogP) is 8.62. The molecule has 1 unspecified atom stereocenters. The molecule has 1 rings (SSSR count). The third kappa shape index (κ3) is 19.8. The summed E-state index contributed by atoms with van der Waals surface area (Å²) < 4.78 is 48.9. The first-order chi connectivity index (χ1) is 23.0. The second-order valence-electron chi connectivity index (χ2n) is 10.5. The molecule has 262 valence electrons. The number of amides is 1. The minimum atomic E-state index is -4.71. The molecule has 0 saturated carbocycles. The Labute approximate surface area is 280 Å². The van der Waals surface area contributed by atoms with Crippen molar-refractivity contribution in [3.63, 3.8) is 0 Å². The number of alkyl halides is 3. The number of carboxylic acid groups (broad SMARTS) is 1. The predicted molar refractivity (Wildman–Crippen MR) is 179 cm³/mol. The van der Waals surface area contributed by atoms with Gasteiger partial charge >= 0.3 is 24.1 Å². The number of ether oxygens (including phenoxy) is 2. The van der Waals surface area contributed by atoms with Gasteiger partial charge < -0.3 is 19.9 Å². The molecule has 0 spiro atoms. The fourth-order valence-electron chi connectivity index (χ4n) is 4.00.